The Morgan fingerprint density at radius 1 is 1.28 bits per heavy atom. The Labute approximate surface area is 109 Å². The van der Waals surface area contributed by atoms with Crippen LogP contribution in [0.3, 0.4) is 0 Å². The predicted molar refractivity (Wildman–Crippen MR) is 70.3 cm³/mol. The van der Waals surface area contributed by atoms with E-state index < -0.39 is 0 Å². The number of aliphatic hydroxyl groups is 1. The monoisotopic (exact) mass is 252 g/mol. The molecule has 1 saturated carbocycles. The molecule has 1 aromatic rings. The lowest BCUT2D eigenvalue weighted by molar-refractivity contribution is 0.0804. The van der Waals surface area contributed by atoms with Crippen LogP contribution in [0, 0.1) is 19.3 Å². The normalized spacial score (nSPS) is 19.1. The van der Waals surface area contributed by atoms with Crippen molar-refractivity contribution < 1.29 is 9.52 Å². The van der Waals surface area contributed by atoms with Gasteiger partial charge in [-0.3, -0.25) is 0 Å². The lowest BCUT2D eigenvalue weighted by atomic mass is 9.74. The van der Waals surface area contributed by atoms with Crippen molar-refractivity contribution in [2.45, 2.75) is 52.5 Å². The van der Waals surface area contributed by atoms with Gasteiger partial charge >= 0.3 is 0 Å². The van der Waals surface area contributed by atoms with Crippen molar-refractivity contribution in [2.24, 2.45) is 5.41 Å². The number of nitrogens with zero attached hydrogens (tertiary/aromatic N) is 1. The lowest BCUT2D eigenvalue weighted by Crippen LogP contribution is -2.38. The summed E-state index contributed by atoms with van der Waals surface area (Å²) in [6.45, 7) is 5.67. The molecule has 4 nitrogen and oxygen atoms in total. The second-order valence-electron chi connectivity index (χ2n) is 5.57. The van der Waals surface area contributed by atoms with E-state index in [1.165, 1.54) is 19.3 Å². The fourth-order valence-corrected chi connectivity index (χ4v) is 2.74. The van der Waals surface area contributed by atoms with E-state index >= 15 is 0 Å². The fourth-order valence-electron chi connectivity index (χ4n) is 2.74. The summed E-state index contributed by atoms with van der Waals surface area (Å²) < 4.78 is 5.53. The van der Waals surface area contributed by atoms with Gasteiger partial charge in [0.15, 0.2) is 0 Å². The summed E-state index contributed by atoms with van der Waals surface area (Å²) in [6.07, 6.45) is 6.03. The van der Waals surface area contributed by atoms with Crippen LogP contribution in [0.5, 0.6) is 0 Å². The van der Waals surface area contributed by atoms with Crippen molar-refractivity contribution in [3.05, 3.63) is 17.3 Å². The minimum absolute atomic E-state index is 0.0783. The van der Waals surface area contributed by atoms with Crippen LogP contribution in [0.25, 0.3) is 0 Å². The molecule has 0 bridgehead atoms. The second kappa shape index (κ2) is 5.85. The highest BCUT2D eigenvalue weighted by Crippen LogP contribution is 2.35. The van der Waals surface area contributed by atoms with Gasteiger partial charge < -0.3 is 14.8 Å². The molecule has 0 amide bonds. The maximum atomic E-state index is 9.61. The van der Waals surface area contributed by atoms with E-state index in [0.29, 0.717) is 6.54 Å². The Kier molecular flexibility index (Phi) is 4.40. The van der Waals surface area contributed by atoms with Crippen LogP contribution in [0.4, 0.5) is 0 Å². The van der Waals surface area contributed by atoms with E-state index in [-0.39, 0.29) is 12.0 Å². The Balaban J connectivity index is 1.83. The lowest BCUT2D eigenvalue weighted by Gasteiger charge is -2.35. The Bertz CT molecular complexity index is 362. The fraction of sp³-hybridized carbons (Fsp3) is 0.786. The molecule has 1 fully saturated rings. The minimum Gasteiger partial charge on any atom is -0.444 e. The van der Waals surface area contributed by atoms with Gasteiger partial charge in [-0.2, -0.15) is 0 Å². The van der Waals surface area contributed by atoms with Gasteiger partial charge in [0, 0.05) is 18.6 Å². The van der Waals surface area contributed by atoms with Gasteiger partial charge in [0.25, 0.3) is 0 Å². The quantitative estimate of drug-likeness (QED) is 0.844. The van der Waals surface area contributed by atoms with Crippen molar-refractivity contribution in [1.82, 2.24) is 10.3 Å². The number of aryl methyl sites for hydroxylation is 2. The van der Waals surface area contributed by atoms with Crippen LogP contribution < -0.4 is 5.32 Å². The van der Waals surface area contributed by atoms with Crippen molar-refractivity contribution in [1.29, 1.82) is 0 Å². The first-order valence-electron chi connectivity index (χ1n) is 6.90. The minimum atomic E-state index is 0.0783. The number of aliphatic hydroxyl groups excluding tert-OH is 1. The molecule has 2 N–H and O–H groups in total. The highest BCUT2D eigenvalue weighted by molar-refractivity contribution is 5.05. The summed E-state index contributed by atoms with van der Waals surface area (Å²) in [5.41, 5.74) is 1.04. The van der Waals surface area contributed by atoms with Gasteiger partial charge in [0.05, 0.1) is 12.2 Å². The van der Waals surface area contributed by atoms with Crippen molar-refractivity contribution in [2.75, 3.05) is 13.2 Å². The maximum Gasteiger partial charge on any atom is 0.208 e. The number of nitrogens with one attached hydrogen (secondary N) is 1. The van der Waals surface area contributed by atoms with Crippen LogP contribution in [-0.2, 0) is 6.54 Å². The number of rotatable bonds is 5. The van der Waals surface area contributed by atoms with Crippen molar-refractivity contribution in [3.63, 3.8) is 0 Å². The zero-order chi connectivity index (χ0) is 13.0. The first-order valence-corrected chi connectivity index (χ1v) is 6.90. The van der Waals surface area contributed by atoms with Crippen molar-refractivity contribution in [3.8, 4) is 0 Å². The van der Waals surface area contributed by atoms with E-state index in [2.05, 4.69) is 10.3 Å². The Morgan fingerprint density at radius 3 is 2.56 bits per heavy atom. The first-order chi connectivity index (χ1) is 8.65. The van der Waals surface area contributed by atoms with Crippen molar-refractivity contribution >= 4 is 0 Å². The molecule has 0 unspecified atom stereocenters. The summed E-state index contributed by atoms with van der Waals surface area (Å²) in [7, 11) is 0. The summed E-state index contributed by atoms with van der Waals surface area (Å²) in [5.74, 6) is 1.63. The third-order valence-electron chi connectivity index (χ3n) is 4.10. The predicted octanol–water partition coefficient (Wildman–Crippen LogP) is 2.32. The first kappa shape index (κ1) is 13.6. The van der Waals surface area contributed by atoms with Gasteiger partial charge in [-0.15, -0.1) is 0 Å². The van der Waals surface area contributed by atoms with E-state index in [4.69, 9.17) is 4.42 Å². The molecule has 0 aromatic carbocycles. The van der Waals surface area contributed by atoms with Gasteiger partial charge in [-0.1, -0.05) is 19.3 Å². The van der Waals surface area contributed by atoms with Crippen LogP contribution in [0.1, 0.15) is 49.4 Å². The molecular formula is C14H24N2O2. The third-order valence-corrected chi connectivity index (χ3v) is 4.10. The molecular weight excluding hydrogens is 228 g/mol. The molecule has 0 atom stereocenters. The summed E-state index contributed by atoms with van der Waals surface area (Å²) >= 11 is 0. The molecule has 4 heteroatoms. The molecule has 1 heterocycles. The molecule has 0 radical (unpaired) electrons. The van der Waals surface area contributed by atoms with Gasteiger partial charge in [0.2, 0.25) is 5.89 Å². The topological polar surface area (TPSA) is 58.3 Å². The second-order valence-corrected chi connectivity index (χ2v) is 5.57. The number of oxazole rings is 1. The third kappa shape index (κ3) is 3.12. The molecule has 1 aromatic heterocycles. The van der Waals surface area contributed by atoms with E-state index in [9.17, 15) is 5.11 Å². The molecule has 18 heavy (non-hydrogen) atoms. The summed E-state index contributed by atoms with van der Waals surface area (Å²) in [4.78, 5) is 4.35. The SMILES string of the molecule is Cc1nc(CNCC2(CO)CCCCC2)oc1C. The summed E-state index contributed by atoms with van der Waals surface area (Å²) in [5, 5.41) is 13.0. The Morgan fingerprint density at radius 2 is 2.00 bits per heavy atom. The molecule has 0 spiro atoms. The largest absolute Gasteiger partial charge is 0.444 e. The standard InChI is InChI=1S/C14H24N2O2/c1-11-12(2)18-13(16-11)8-15-9-14(10-17)6-4-3-5-7-14/h15,17H,3-10H2,1-2H3. The van der Waals surface area contributed by atoms with E-state index in [0.717, 1.165) is 36.7 Å². The molecule has 0 aliphatic heterocycles. The molecule has 1 aliphatic rings. The van der Waals surface area contributed by atoms with Crippen LogP contribution >= 0.6 is 0 Å². The van der Waals surface area contributed by atoms with Gasteiger partial charge in [-0.25, -0.2) is 4.98 Å². The average molecular weight is 252 g/mol. The molecule has 102 valence electrons. The highest BCUT2D eigenvalue weighted by atomic mass is 16.4. The smallest absolute Gasteiger partial charge is 0.208 e. The van der Waals surface area contributed by atoms with Gasteiger partial charge in [0.1, 0.15) is 5.76 Å². The summed E-state index contributed by atoms with van der Waals surface area (Å²) in [6, 6.07) is 0. The molecule has 2 rings (SSSR count). The molecule has 1 aliphatic carbocycles. The molecule has 0 saturated heterocycles. The highest BCUT2D eigenvalue weighted by Gasteiger charge is 2.30. The van der Waals surface area contributed by atoms with Gasteiger partial charge in [-0.05, 0) is 26.7 Å². The van der Waals surface area contributed by atoms with Crippen LogP contribution in [-0.4, -0.2) is 23.2 Å². The van der Waals surface area contributed by atoms with E-state index in [1.54, 1.807) is 0 Å². The van der Waals surface area contributed by atoms with E-state index in [1.807, 2.05) is 13.8 Å². The number of hydrogen-bond donors (Lipinski definition) is 2. The van der Waals surface area contributed by atoms with Crippen LogP contribution in [0.2, 0.25) is 0 Å². The number of aromatic nitrogens is 1. The number of hydrogen-bond acceptors (Lipinski definition) is 4. The Hall–Kier alpha value is -0.870. The van der Waals surface area contributed by atoms with Crippen LogP contribution in [0.15, 0.2) is 4.42 Å². The zero-order valence-electron chi connectivity index (χ0n) is 11.5. The zero-order valence-corrected chi connectivity index (χ0v) is 11.5. The average Bonchev–Trinajstić information content (AvgIpc) is 2.70. The maximum absolute atomic E-state index is 9.61.